The van der Waals surface area contributed by atoms with Gasteiger partial charge in [0.25, 0.3) is 23.6 Å². The Morgan fingerprint density at radius 3 is 1.42 bits per heavy atom. The summed E-state index contributed by atoms with van der Waals surface area (Å²) in [4.78, 5) is 53.4. The molecule has 5 rings (SSSR count). The van der Waals surface area contributed by atoms with Gasteiger partial charge in [-0.2, -0.15) is 0 Å². The Bertz CT molecular complexity index is 1230. The molecule has 0 unspecified atom stereocenters. The molecule has 2 N–H and O–H groups in total. The minimum Gasteiger partial charge on any atom is -0.398 e. The lowest BCUT2D eigenvalue weighted by Gasteiger charge is -2.21. The second-order valence-corrected chi connectivity index (χ2v) is 7.47. The predicted molar refractivity (Wildman–Crippen MR) is 112 cm³/mol. The Kier molecular flexibility index (Phi) is 4.18. The molecule has 0 radical (unpaired) electrons. The highest BCUT2D eigenvalue weighted by Gasteiger charge is 2.37. The first-order valence-electron chi connectivity index (χ1n) is 9.74. The maximum absolute atomic E-state index is 12.8. The summed E-state index contributed by atoms with van der Waals surface area (Å²) in [6, 6.07) is 18.4. The van der Waals surface area contributed by atoms with Gasteiger partial charge in [0.2, 0.25) is 0 Å². The van der Waals surface area contributed by atoms with Crippen LogP contribution < -0.4 is 5.73 Å². The average Bonchev–Trinajstić information content (AvgIpc) is 3.17. The zero-order valence-electron chi connectivity index (χ0n) is 16.4. The highest BCUT2D eigenvalue weighted by Crippen LogP contribution is 2.30. The van der Waals surface area contributed by atoms with E-state index < -0.39 is 11.8 Å². The largest absolute Gasteiger partial charge is 0.398 e. The van der Waals surface area contributed by atoms with Crippen LogP contribution in [0.4, 0.5) is 5.69 Å². The molecule has 0 spiro atoms. The van der Waals surface area contributed by atoms with Crippen LogP contribution >= 0.6 is 0 Å². The van der Waals surface area contributed by atoms with E-state index in [2.05, 4.69) is 0 Å². The number of nitrogens with two attached hydrogens (primary N) is 1. The van der Waals surface area contributed by atoms with E-state index in [1.165, 1.54) is 0 Å². The lowest BCUT2D eigenvalue weighted by atomic mass is 10.0. The van der Waals surface area contributed by atoms with E-state index in [1.54, 1.807) is 66.7 Å². The van der Waals surface area contributed by atoms with Crippen molar-refractivity contribution < 1.29 is 19.2 Å². The molecule has 4 amide bonds. The monoisotopic (exact) mass is 411 g/mol. The summed E-state index contributed by atoms with van der Waals surface area (Å²) in [5, 5.41) is 0. The molecule has 7 heteroatoms. The molecule has 31 heavy (non-hydrogen) atoms. The zero-order valence-corrected chi connectivity index (χ0v) is 16.4. The summed E-state index contributed by atoms with van der Waals surface area (Å²) >= 11 is 0. The molecule has 0 saturated heterocycles. The predicted octanol–water partition coefficient (Wildman–Crippen LogP) is 2.86. The number of anilines is 1. The molecule has 0 aliphatic carbocycles. The number of rotatable bonds is 4. The summed E-state index contributed by atoms with van der Waals surface area (Å²) in [5.74, 6) is -1.55. The Labute approximate surface area is 177 Å². The number of hydrogen-bond donors (Lipinski definition) is 1. The number of fused-ring (bicyclic) bond motifs is 2. The molecule has 3 aromatic carbocycles. The number of carbonyl (C=O) groups is 4. The molecule has 2 aliphatic rings. The Hall–Kier alpha value is -4.26. The molecule has 152 valence electrons. The van der Waals surface area contributed by atoms with Crippen LogP contribution in [0.5, 0.6) is 0 Å². The second-order valence-electron chi connectivity index (χ2n) is 7.47. The second kappa shape index (κ2) is 6.91. The molecule has 0 fully saturated rings. The van der Waals surface area contributed by atoms with Crippen LogP contribution in [-0.4, -0.2) is 33.4 Å². The maximum Gasteiger partial charge on any atom is 0.261 e. The summed E-state index contributed by atoms with van der Waals surface area (Å²) in [5.41, 5.74) is 9.13. The van der Waals surface area contributed by atoms with Gasteiger partial charge >= 0.3 is 0 Å². The van der Waals surface area contributed by atoms with E-state index in [1.807, 2.05) is 0 Å². The summed E-state index contributed by atoms with van der Waals surface area (Å²) in [7, 11) is 0. The fraction of sp³-hybridized carbons (Fsp3) is 0.0833. The van der Waals surface area contributed by atoms with Gasteiger partial charge in [0.15, 0.2) is 0 Å². The highest BCUT2D eigenvalue weighted by molar-refractivity contribution is 6.22. The SMILES string of the molecule is Nc1cccc(CN2C(=O)c3ccccc3C2=O)c1CN1C(=O)c2ccccc2C1=O. The van der Waals surface area contributed by atoms with Crippen LogP contribution in [0.2, 0.25) is 0 Å². The number of carbonyl (C=O) groups excluding carboxylic acids is 4. The minimum absolute atomic E-state index is 0.00408. The van der Waals surface area contributed by atoms with E-state index in [9.17, 15) is 19.2 Å². The number of amides is 4. The van der Waals surface area contributed by atoms with Crippen molar-refractivity contribution in [1.82, 2.24) is 9.80 Å². The van der Waals surface area contributed by atoms with E-state index in [-0.39, 0.29) is 24.9 Å². The first-order valence-corrected chi connectivity index (χ1v) is 9.74. The maximum atomic E-state index is 12.8. The van der Waals surface area contributed by atoms with Crippen LogP contribution in [0.1, 0.15) is 52.6 Å². The summed E-state index contributed by atoms with van der Waals surface area (Å²) in [6.07, 6.45) is 0. The number of hydrogen-bond acceptors (Lipinski definition) is 5. The molecular weight excluding hydrogens is 394 g/mol. The van der Waals surface area contributed by atoms with Crippen molar-refractivity contribution in [3.8, 4) is 0 Å². The quantitative estimate of drug-likeness (QED) is 0.526. The third kappa shape index (κ3) is 2.82. The van der Waals surface area contributed by atoms with E-state index >= 15 is 0 Å². The fourth-order valence-electron chi connectivity index (χ4n) is 4.09. The molecule has 2 heterocycles. The van der Waals surface area contributed by atoms with Gasteiger partial charge in [-0.25, -0.2) is 0 Å². The average molecular weight is 411 g/mol. The molecule has 7 nitrogen and oxygen atoms in total. The minimum atomic E-state index is -0.393. The molecule has 3 aromatic rings. The molecular formula is C24H17N3O4. The van der Waals surface area contributed by atoms with Crippen molar-refractivity contribution in [3.05, 3.63) is 100 Å². The third-order valence-electron chi connectivity index (χ3n) is 5.71. The van der Waals surface area contributed by atoms with Gasteiger partial charge in [-0.3, -0.25) is 29.0 Å². The van der Waals surface area contributed by atoms with E-state index in [0.717, 1.165) is 9.80 Å². The van der Waals surface area contributed by atoms with Crippen LogP contribution in [0, 0.1) is 0 Å². The summed E-state index contributed by atoms with van der Waals surface area (Å²) < 4.78 is 0. The normalized spacial score (nSPS) is 15.0. The van der Waals surface area contributed by atoms with Crippen molar-refractivity contribution in [2.24, 2.45) is 0 Å². The van der Waals surface area contributed by atoms with Crippen LogP contribution in [0.3, 0.4) is 0 Å². The Balaban J connectivity index is 1.47. The fourth-order valence-corrected chi connectivity index (χ4v) is 4.09. The number of benzene rings is 3. The van der Waals surface area contributed by atoms with Crippen molar-refractivity contribution in [2.45, 2.75) is 13.1 Å². The molecule has 2 aliphatic heterocycles. The molecule has 0 bridgehead atoms. The molecule has 0 aromatic heterocycles. The zero-order chi connectivity index (χ0) is 21.7. The van der Waals surface area contributed by atoms with Crippen molar-refractivity contribution in [1.29, 1.82) is 0 Å². The number of nitrogens with zero attached hydrogens (tertiary/aromatic N) is 2. The van der Waals surface area contributed by atoms with Gasteiger partial charge in [0.1, 0.15) is 0 Å². The van der Waals surface area contributed by atoms with Gasteiger partial charge in [-0.1, -0.05) is 36.4 Å². The van der Waals surface area contributed by atoms with Crippen LogP contribution in [0.25, 0.3) is 0 Å². The highest BCUT2D eigenvalue weighted by atomic mass is 16.2. The third-order valence-corrected chi connectivity index (χ3v) is 5.71. The standard InChI is InChI=1S/C24H17N3O4/c25-20-11-5-6-14(12-26-21(28)15-7-1-2-8-16(15)22(26)29)19(20)13-27-23(30)17-9-3-4-10-18(17)24(27)31/h1-11H,12-13,25H2. The lowest BCUT2D eigenvalue weighted by Crippen LogP contribution is -2.32. The first-order chi connectivity index (χ1) is 15.0. The molecule has 0 atom stereocenters. The van der Waals surface area contributed by atoms with E-state index in [0.29, 0.717) is 39.1 Å². The van der Waals surface area contributed by atoms with Gasteiger partial charge in [-0.15, -0.1) is 0 Å². The van der Waals surface area contributed by atoms with Gasteiger partial charge in [0, 0.05) is 5.69 Å². The first kappa shape index (κ1) is 18.7. The number of imide groups is 2. The Morgan fingerprint density at radius 1 is 0.548 bits per heavy atom. The lowest BCUT2D eigenvalue weighted by molar-refractivity contribution is 0.0617. The van der Waals surface area contributed by atoms with Gasteiger partial charge < -0.3 is 5.73 Å². The van der Waals surface area contributed by atoms with Gasteiger partial charge in [-0.05, 0) is 41.5 Å². The Morgan fingerprint density at radius 2 is 0.968 bits per heavy atom. The topological polar surface area (TPSA) is 101 Å². The van der Waals surface area contributed by atoms with Crippen molar-refractivity contribution >= 4 is 29.3 Å². The van der Waals surface area contributed by atoms with Gasteiger partial charge in [0.05, 0.1) is 35.3 Å². The van der Waals surface area contributed by atoms with Crippen LogP contribution in [0.15, 0.2) is 66.7 Å². The van der Waals surface area contributed by atoms with Crippen LogP contribution in [-0.2, 0) is 13.1 Å². The molecule has 0 saturated carbocycles. The summed E-state index contributed by atoms with van der Waals surface area (Å²) in [6.45, 7) is -0.0482. The van der Waals surface area contributed by atoms with Crippen molar-refractivity contribution in [3.63, 3.8) is 0 Å². The number of nitrogen functional groups attached to an aromatic ring is 1. The van der Waals surface area contributed by atoms with Crippen molar-refractivity contribution in [2.75, 3.05) is 5.73 Å². The van der Waals surface area contributed by atoms with E-state index in [4.69, 9.17) is 5.73 Å². The smallest absolute Gasteiger partial charge is 0.261 e.